The van der Waals surface area contributed by atoms with E-state index in [1.807, 2.05) is 66.7 Å². The number of anilines is 2. The van der Waals surface area contributed by atoms with Crippen LogP contribution in [0.2, 0.25) is 0 Å². The van der Waals surface area contributed by atoms with Crippen molar-refractivity contribution in [1.29, 1.82) is 10.5 Å². The van der Waals surface area contributed by atoms with Crippen LogP contribution in [0.5, 0.6) is 5.75 Å². The molecule has 2 N–H and O–H groups in total. The van der Waals surface area contributed by atoms with Crippen LogP contribution in [-0.4, -0.2) is 13.2 Å². The predicted octanol–water partition coefficient (Wildman–Crippen LogP) is 3.52. The molecule has 0 heterocycles. The second-order valence-corrected chi connectivity index (χ2v) is 4.56. The maximum Gasteiger partial charge on any atom is 0.145 e. The number of ether oxygens (including phenoxy) is 1. The van der Waals surface area contributed by atoms with Crippen molar-refractivity contribution in [2.75, 3.05) is 23.8 Å². The summed E-state index contributed by atoms with van der Waals surface area (Å²) in [4.78, 5) is 0. The highest BCUT2D eigenvalue weighted by Gasteiger charge is 2.00. The minimum atomic E-state index is 0.0206. The van der Waals surface area contributed by atoms with Crippen LogP contribution < -0.4 is 15.4 Å². The summed E-state index contributed by atoms with van der Waals surface area (Å²) in [5.41, 5.74) is 1.68. The number of benzene rings is 2. The highest BCUT2D eigenvalue weighted by Crippen LogP contribution is 2.21. The van der Waals surface area contributed by atoms with Crippen molar-refractivity contribution in [3.05, 3.63) is 66.4 Å². The molecule has 114 valence electrons. The molecule has 5 heteroatoms. The van der Waals surface area contributed by atoms with Gasteiger partial charge in [0.25, 0.3) is 0 Å². The molecular formula is C18H16N4O. The topological polar surface area (TPSA) is 80.9 Å². The van der Waals surface area contributed by atoms with Crippen LogP contribution in [0.4, 0.5) is 11.4 Å². The van der Waals surface area contributed by atoms with E-state index in [9.17, 15) is 0 Å². The molecule has 0 aliphatic heterocycles. The van der Waals surface area contributed by atoms with Gasteiger partial charge >= 0.3 is 0 Å². The molecule has 0 aromatic heterocycles. The fourth-order valence-corrected chi connectivity index (χ4v) is 1.87. The first-order valence-electron chi connectivity index (χ1n) is 7.11. The Labute approximate surface area is 135 Å². The van der Waals surface area contributed by atoms with Crippen molar-refractivity contribution in [1.82, 2.24) is 0 Å². The Kier molecular flexibility index (Phi) is 6.07. The first kappa shape index (κ1) is 15.9. The van der Waals surface area contributed by atoms with Crippen molar-refractivity contribution in [3.63, 3.8) is 0 Å². The number of rotatable bonds is 7. The van der Waals surface area contributed by atoms with Gasteiger partial charge in [0.05, 0.1) is 11.4 Å². The molecular weight excluding hydrogens is 288 g/mol. The van der Waals surface area contributed by atoms with E-state index in [1.54, 1.807) is 0 Å². The molecule has 0 amide bonds. The number of nitrogens with zero attached hydrogens (tertiary/aromatic N) is 2. The van der Waals surface area contributed by atoms with E-state index in [-0.39, 0.29) is 5.57 Å². The molecule has 0 aliphatic carbocycles. The third-order valence-electron chi connectivity index (χ3n) is 2.97. The molecule has 2 rings (SSSR count). The molecule has 0 saturated carbocycles. The Hall–Kier alpha value is -3.44. The Morgan fingerprint density at radius 2 is 1.61 bits per heavy atom. The number of nitriles is 2. The van der Waals surface area contributed by atoms with E-state index in [2.05, 4.69) is 10.6 Å². The SMILES string of the molecule is N#CC(C#N)=CNc1ccccc1NCCOc1ccccc1. The van der Waals surface area contributed by atoms with Gasteiger partial charge in [0.2, 0.25) is 0 Å². The average molecular weight is 304 g/mol. The number of allylic oxidation sites excluding steroid dienone is 1. The van der Waals surface area contributed by atoms with Crippen LogP contribution in [0.15, 0.2) is 66.4 Å². The predicted molar refractivity (Wildman–Crippen MR) is 89.8 cm³/mol. The van der Waals surface area contributed by atoms with Crippen LogP contribution in [-0.2, 0) is 0 Å². The molecule has 23 heavy (non-hydrogen) atoms. The minimum absolute atomic E-state index is 0.0206. The van der Waals surface area contributed by atoms with E-state index in [4.69, 9.17) is 15.3 Å². The van der Waals surface area contributed by atoms with E-state index in [1.165, 1.54) is 6.20 Å². The maximum absolute atomic E-state index is 8.74. The van der Waals surface area contributed by atoms with Gasteiger partial charge in [-0.3, -0.25) is 0 Å². The fourth-order valence-electron chi connectivity index (χ4n) is 1.87. The van der Waals surface area contributed by atoms with Crippen LogP contribution in [0.3, 0.4) is 0 Å². The van der Waals surface area contributed by atoms with Crippen LogP contribution >= 0.6 is 0 Å². The van der Waals surface area contributed by atoms with Gasteiger partial charge in [-0.25, -0.2) is 0 Å². The van der Waals surface area contributed by atoms with Gasteiger partial charge in [-0.1, -0.05) is 30.3 Å². The van der Waals surface area contributed by atoms with Gasteiger partial charge in [0.15, 0.2) is 0 Å². The molecule has 0 radical (unpaired) electrons. The molecule has 0 atom stereocenters. The van der Waals surface area contributed by atoms with Crippen molar-refractivity contribution in [3.8, 4) is 17.9 Å². The van der Waals surface area contributed by atoms with Crippen molar-refractivity contribution < 1.29 is 4.74 Å². The Balaban J connectivity index is 1.89. The molecule has 5 nitrogen and oxygen atoms in total. The van der Waals surface area contributed by atoms with Gasteiger partial charge in [-0.05, 0) is 24.3 Å². The maximum atomic E-state index is 8.74. The summed E-state index contributed by atoms with van der Waals surface area (Å²) in [6.45, 7) is 1.15. The molecule has 0 unspecified atom stereocenters. The van der Waals surface area contributed by atoms with Crippen LogP contribution in [0.25, 0.3) is 0 Å². The number of hydrogen-bond donors (Lipinski definition) is 2. The number of para-hydroxylation sites is 3. The van der Waals surface area contributed by atoms with Crippen molar-refractivity contribution in [2.45, 2.75) is 0 Å². The fraction of sp³-hybridized carbons (Fsp3) is 0.111. The Morgan fingerprint density at radius 3 is 2.30 bits per heavy atom. The third kappa shape index (κ3) is 5.11. The Morgan fingerprint density at radius 1 is 0.957 bits per heavy atom. The summed E-state index contributed by atoms with van der Waals surface area (Å²) in [7, 11) is 0. The van der Waals surface area contributed by atoms with Gasteiger partial charge in [-0.15, -0.1) is 0 Å². The lowest BCUT2D eigenvalue weighted by molar-refractivity contribution is 0.333. The summed E-state index contributed by atoms with van der Waals surface area (Å²) < 4.78 is 5.62. The summed E-state index contributed by atoms with van der Waals surface area (Å²) in [5, 5.41) is 23.7. The average Bonchev–Trinajstić information content (AvgIpc) is 2.61. The van der Waals surface area contributed by atoms with Crippen molar-refractivity contribution in [2.24, 2.45) is 0 Å². The van der Waals surface area contributed by atoms with E-state index >= 15 is 0 Å². The molecule has 0 spiro atoms. The smallest absolute Gasteiger partial charge is 0.145 e. The standard InChI is InChI=1S/C18H16N4O/c19-12-15(13-20)14-22-18-9-5-4-8-17(18)21-10-11-23-16-6-2-1-3-7-16/h1-9,14,21-22H,10-11H2. The summed E-state index contributed by atoms with van der Waals surface area (Å²) in [6.07, 6.45) is 1.39. The monoisotopic (exact) mass is 304 g/mol. The van der Waals surface area contributed by atoms with Gasteiger partial charge in [-0.2, -0.15) is 10.5 Å². The summed E-state index contributed by atoms with van der Waals surface area (Å²) in [5.74, 6) is 0.830. The quantitative estimate of drug-likeness (QED) is 0.604. The van der Waals surface area contributed by atoms with E-state index in [0.717, 1.165) is 17.1 Å². The molecule has 0 fully saturated rings. The zero-order valence-corrected chi connectivity index (χ0v) is 12.5. The summed E-state index contributed by atoms with van der Waals surface area (Å²) >= 11 is 0. The summed E-state index contributed by atoms with van der Waals surface area (Å²) in [6, 6.07) is 20.8. The molecule has 0 bridgehead atoms. The lowest BCUT2D eigenvalue weighted by atomic mass is 10.2. The van der Waals surface area contributed by atoms with Crippen LogP contribution in [0, 0.1) is 22.7 Å². The third-order valence-corrected chi connectivity index (χ3v) is 2.97. The zero-order chi connectivity index (χ0) is 16.3. The first-order chi connectivity index (χ1) is 11.3. The number of nitrogens with one attached hydrogen (secondary N) is 2. The second kappa shape index (κ2) is 8.76. The molecule has 2 aromatic carbocycles. The van der Waals surface area contributed by atoms with Gasteiger partial charge in [0, 0.05) is 12.7 Å². The highest BCUT2D eigenvalue weighted by molar-refractivity contribution is 5.70. The molecule has 0 saturated heterocycles. The zero-order valence-electron chi connectivity index (χ0n) is 12.5. The molecule has 0 aliphatic rings. The lowest BCUT2D eigenvalue weighted by Crippen LogP contribution is -2.12. The normalized spacial score (nSPS) is 9.13. The minimum Gasteiger partial charge on any atom is -0.492 e. The van der Waals surface area contributed by atoms with E-state index < -0.39 is 0 Å². The van der Waals surface area contributed by atoms with Gasteiger partial charge in [0.1, 0.15) is 30.1 Å². The van der Waals surface area contributed by atoms with Crippen molar-refractivity contribution >= 4 is 11.4 Å². The Bertz CT molecular complexity index is 726. The highest BCUT2D eigenvalue weighted by atomic mass is 16.5. The van der Waals surface area contributed by atoms with E-state index in [0.29, 0.717) is 13.2 Å². The number of hydrogen-bond acceptors (Lipinski definition) is 5. The van der Waals surface area contributed by atoms with Crippen LogP contribution in [0.1, 0.15) is 0 Å². The molecule has 2 aromatic rings. The largest absolute Gasteiger partial charge is 0.492 e. The van der Waals surface area contributed by atoms with Gasteiger partial charge < -0.3 is 15.4 Å². The second-order valence-electron chi connectivity index (χ2n) is 4.56. The lowest BCUT2D eigenvalue weighted by Gasteiger charge is -2.12. The first-order valence-corrected chi connectivity index (χ1v) is 7.11.